The van der Waals surface area contributed by atoms with Crippen LogP contribution in [-0.4, -0.2) is 37.8 Å². The van der Waals surface area contributed by atoms with Gasteiger partial charge in [0, 0.05) is 36.9 Å². The zero-order valence-electron chi connectivity index (χ0n) is 15.9. The van der Waals surface area contributed by atoms with E-state index in [1.54, 1.807) is 22.8 Å². The van der Waals surface area contributed by atoms with E-state index in [1.165, 1.54) is 23.9 Å². The Morgan fingerprint density at radius 2 is 1.83 bits per heavy atom. The third-order valence-corrected chi connectivity index (χ3v) is 5.12. The molecule has 0 aliphatic heterocycles. The van der Waals surface area contributed by atoms with Gasteiger partial charge in [0.05, 0.1) is 11.1 Å². The molecule has 0 N–H and O–H groups in total. The Morgan fingerprint density at radius 1 is 1.10 bits per heavy atom. The number of nitro benzene ring substituents is 1. The maximum absolute atomic E-state index is 10.9. The van der Waals surface area contributed by atoms with Gasteiger partial charge in [-0.3, -0.25) is 10.1 Å². The summed E-state index contributed by atoms with van der Waals surface area (Å²) in [5, 5.41) is 16.0. The third kappa shape index (κ3) is 3.77. The minimum atomic E-state index is -0.400. The predicted molar refractivity (Wildman–Crippen MR) is 113 cm³/mol. The van der Waals surface area contributed by atoms with Crippen LogP contribution < -0.4 is 4.90 Å². The first kappa shape index (κ1) is 18.9. The molecular weight excluding hydrogens is 388 g/mol. The second-order valence-electron chi connectivity index (χ2n) is 6.41. The van der Waals surface area contributed by atoms with E-state index in [1.807, 2.05) is 48.5 Å². The van der Waals surface area contributed by atoms with E-state index in [2.05, 4.69) is 15.1 Å². The van der Waals surface area contributed by atoms with Crippen LogP contribution in [0, 0.1) is 10.1 Å². The molecule has 2 aromatic carbocycles. The largest absolute Gasteiger partial charge is 0.313 e. The first-order chi connectivity index (χ1) is 14.1. The number of aromatic nitrogens is 4. The Balaban J connectivity index is 1.74. The Hall–Kier alpha value is -3.46. The van der Waals surface area contributed by atoms with Crippen molar-refractivity contribution in [1.82, 2.24) is 19.6 Å². The predicted octanol–water partition coefficient (Wildman–Crippen LogP) is 4.11. The van der Waals surface area contributed by atoms with Gasteiger partial charge in [-0.1, -0.05) is 42.1 Å². The number of rotatable bonds is 6. The molecule has 0 saturated heterocycles. The van der Waals surface area contributed by atoms with Crippen molar-refractivity contribution in [1.29, 1.82) is 0 Å². The van der Waals surface area contributed by atoms with Crippen LogP contribution in [0.3, 0.4) is 0 Å². The summed E-state index contributed by atoms with van der Waals surface area (Å²) in [6.45, 7) is 0. The zero-order chi connectivity index (χ0) is 20.4. The highest BCUT2D eigenvalue weighted by Crippen LogP contribution is 2.26. The summed E-state index contributed by atoms with van der Waals surface area (Å²) in [5.74, 6) is 0.667. The Labute approximate surface area is 171 Å². The summed E-state index contributed by atoms with van der Waals surface area (Å²) in [7, 11) is 1.94. The molecule has 8 nitrogen and oxygen atoms in total. The van der Waals surface area contributed by atoms with Crippen LogP contribution in [0.1, 0.15) is 11.1 Å². The van der Waals surface area contributed by atoms with Gasteiger partial charge in [0.2, 0.25) is 5.95 Å². The van der Waals surface area contributed by atoms with Gasteiger partial charge >= 0.3 is 0 Å². The van der Waals surface area contributed by atoms with Gasteiger partial charge < -0.3 is 4.90 Å². The van der Waals surface area contributed by atoms with Crippen LogP contribution in [0.4, 0.5) is 17.3 Å². The summed E-state index contributed by atoms with van der Waals surface area (Å²) < 4.78 is 1.73. The average molecular weight is 406 g/mol. The lowest BCUT2D eigenvalue weighted by Crippen LogP contribution is -2.17. The maximum Gasteiger partial charge on any atom is 0.269 e. The highest BCUT2D eigenvalue weighted by Gasteiger charge is 2.17. The van der Waals surface area contributed by atoms with Gasteiger partial charge in [0.15, 0.2) is 10.8 Å². The van der Waals surface area contributed by atoms with Crippen molar-refractivity contribution in [2.75, 3.05) is 18.2 Å². The lowest BCUT2D eigenvalue weighted by Gasteiger charge is -2.19. The van der Waals surface area contributed by atoms with Gasteiger partial charge in [0.25, 0.3) is 5.69 Å². The molecule has 9 heteroatoms. The third-order valence-electron chi connectivity index (χ3n) is 4.57. The minimum absolute atomic E-state index is 0.0763. The smallest absolute Gasteiger partial charge is 0.269 e. The highest BCUT2D eigenvalue weighted by molar-refractivity contribution is 7.98. The molecule has 0 saturated carbocycles. The number of hydrogen-bond donors (Lipinski definition) is 0. The molecule has 2 heterocycles. The SMILES string of the molecule is CSc1nc(N(C)c2ccccc2)n2ncc(Cc3ccc([N+](=O)[O-])cc3)c2n1. The van der Waals surface area contributed by atoms with Crippen molar-refractivity contribution in [3.05, 3.63) is 82.0 Å². The van der Waals surface area contributed by atoms with Crippen molar-refractivity contribution in [2.45, 2.75) is 11.6 Å². The van der Waals surface area contributed by atoms with Gasteiger partial charge in [-0.25, -0.2) is 4.98 Å². The zero-order valence-corrected chi connectivity index (χ0v) is 16.7. The quantitative estimate of drug-likeness (QED) is 0.270. The molecule has 0 bridgehead atoms. The van der Waals surface area contributed by atoms with Crippen LogP contribution in [0.25, 0.3) is 5.65 Å². The molecule has 0 unspecified atom stereocenters. The highest BCUT2D eigenvalue weighted by atomic mass is 32.2. The fraction of sp³-hybridized carbons (Fsp3) is 0.150. The lowest BCUT2D eigenvalue weighted by atomic mass is 10.1. The maximum atomic E-state index is 10.9. The van der Waals surface area contributed by atoms with Gasteiger partial charge in [-0.05, 0) is 24.0 Å². The number of anilines is 2. The molecule has 0 atom stereocenters. The Bertz CT molecular complexity index is 1160. The normalized spacial score (nSPS) is 11.0. The molecule has 0 aliphatic carbocycles. The number of fused-ring (bicyclic) bond motifs is 1. The summed E-state index contributed by atoms with van der Waals surface area (Å²) in [6.07, 6.45) is 4.28. The van der Waals surface area contributed by atoms with Gasteiger partial charge in [-0.2, -0.15) is 14.6 Å². The molecule has 0 fully saturated rings. The van der Waals surface area contributed by atoms with Crippen LogP contribution in [-0.2, 0) is 6.42 Å². The average Bonchev–Trinajstić information content (AvgIpc) is 3.16. The second kappa shape index (κ2) is 7.88. The second-order valence-corrected chi connectivity index (χ2v) is 7.18. The van der Waals surface area contributed by atoms with E-state index in [9.17, 15) is 10.1 Å². The molecular formula is C20H18N6O2S. The fourth-order valence-corrected chi connectivity index (χ4v) is 3.40. The Kier molecular flexibility index (Phi) is 5.13. The van der Waals surface area contributed by atoms with E-state index in [4.69, 9.17) is 0 Å². The first-order valence-corrected chi connectivity index (χ1v) is 10.1. The molecule has 146 valence electrons. The van der Waals surface area contributed by atoms with Crippen molar-refractivity contribution in [3.63, 3.8) is 0 Å². The topological polar surface area (TPSA) is 89.5 Å². The van der Waals surface area contributed by atoms with Gasteiger partial charge in [0.1, 0.15) is 0 Å². The van der Waals surface area contributed by atoms with E-state index >= 15 is 0 Å². The van der Waals surface area contributed by atoms with E-state index in [0.717, 1.165) is 22.5 Å². The molecule has 2 aromatic heterocycles. The number of benzene rings is 2. The number of non-ortho nitro benzene ring substituents is 1. The van der Waals surface area contributed by atoms with E-state index < -0.39 is 4.92 Å². The fourth-order valence-electron chi connectivity index (χ4n) is 3.05. The number of para-hydroxylation sites is 1. The number of thioether (sulfide) groups is 1. The molecule has 4 rings (SSSR count). The summed E-state index contributed by atoms with van der Waals surface area (Å²) in [5.41, 5.74) is 3.67. The first-order valence-electron chi connectivity index (χ1n) is 8.87. The van der Waals surface area contributed by atoms with Crippen molar-refractivity contribution in [2.24, 2.45) is 0 Å². The molecule has 0 aliphatic rings. The summed E-state index contributed by atoms with van der Waals surface area (Å²) in [6, 6.07) is 16.5. The van der Waals surface area contributed by atoms with Crippen LogP contribution in [0.5, 0.6) is 0 Å². The van der Waals surface area contributed by atoms with Crippen molar-refractivity contribution >= 4 is 34.7 Å². The van der Waals surface area contributed by atoms with E-state index in [0.29, 0.717) is 17.5 Å². The number of hydrogen-bond acceptors (Lipinski definition) is 7. The van der Waals surface area contributed by atoms with Crippen LogP contribution >= 0.6 is 11.8 Å². The van der Waals surface area contributed by atoms with Crippen LogP contribution in [0.2, 0.25) is 0 Å². The summed E-state index contributed by atoms with van der Waals surface area (Å²) in [4.78, 5) is 21.7. The standard InChI is InChI=1S/C20H18N6O2S/c1-24(16-6-4-3-5-7-16)20-23-19(29-2)22-18-15(13-21-25(18)20)12-14-8-10-17(11-9-14)26(27)28/h3-11,13H,12H2,1-2H3. The molecule has 29 heavy (non-hydrogen) atoms. The minimum Gasteiger partial charge on any atom is -0.313 e. The molecule has 0 amide bonds. The van der Waals surface area contributed by atoms with Crippen molar-refractivity contribution < 1.29 is 4.92 Å². The lowest BCUT2D eigenvalue weighted by molar-refractivity contribution is -0.384. The molecule has 4 aromatic rings. The summed E-state index contributed by atoms with van der Waals surface area (Å²) >= 11 is 1.47. The number of nitrogens with zero attached hydrogens (tertiary/aromatic N) is 6. The van der Waals surface area contributed by atoms with Crippen LogP contribution in [0.15, 0.2) is 66.0 Å². The number of nitro groups is 1. The molecule has 0 radical (unpaired) electrons. The monoisotopic (exact) mass is 406 g/mol. The van der Waals surface area contributed by atoms with Gasteiger partial charge in [-0.15, -0.1) is 0 Å². The van der Waals surface area contributed by atoms with E-state index in [-0.39, 0.29) is 5.69 Å². The van der Waals surface area contributed by atoms with Crippen molar-refractivity contribution in [3.8, 4) is 0 Å². The molecule has 0 spiro atoms. The Morgan fingerprint density at radius 3 is 2.48 bits per heavy atom.